The van der Waals surface area contributed by atoms with Crippen molar-refractivity contribution in [2.75, 3.05) is 0 Å². The van der Waals surface area contributed by atoms with Gasteiger partial charge in [0.2, 0.25) is 0 Å². The molecule has 2 aromatic rings. The summed E-state index contributed by atoms with van der Waals surface area (Å²) in [4.78, 5) is 31.9. The summed E-state index contributed by atoms with van der Waals surface area (Å²) >= 11 is 1.42. The molecule has 8 atom stereocenters. The number of hydrogen-bond acceptors (Lipinski definition) is 9. The summed E-state index contributed by atoms with van der Waals surface area (Å²) in [6.07, 6.45) is 0.728. The summed E-state index contributed by atoms with van der Waals surface area (Å²) in [5, 5.41) is 33.8. The highest BCUT2D eigenvalue weighted by Gasteiger charge is 2.44. The van der Waals surface area contributed by atoms with Gasteiger partial charge in [-0.15, -0.1) is 11.3 Å². The predicted molar refractivity (Wildman–Crippen MR) is 162 cm³/mol. The van der Waals surface area contributed by atoms with E-state index >= 15 is 0 Å². The van der Waals surface area contributed by atoms with E-state index in [1.54, 1.807) is 20.8 Å². The molecule has 2 fully saturated rings. The molecule has 8 nitrogen and oxygen atoms in total. The largest absolute Gasteiger partial charge is 0.458 e. The monoisotopic (exact) mass is 599 g/mol. The van der Waals surface area contributed by atoms with Crippen molar-refractivity contribution in [3.63, 3.8) is 0 Å². The molecule has 0 spiro atoms. The zero-order valence-corrected chi connectivity index (χ0v) is 26.3. The fraction of sp³-hybridized carbons (Fsp3) is 0.606. The molecule has 0 bridgehead atoms. The summed E-state index contributed by atoms with van der Waals surface area (Å²) in [6, 6.07) is 9.40. The molecule has 0 radical (unpaired) electrons. The van der Waals surface area contributed by atoms with Crippen molar-refractivity contribution in [3.8, 4) is 0 Å². The first-order chi connectivity index (χ1) is 19.8. The topological polar surface area (TPSA) is 129 Å². The van der Waals surface area contributed by atoms with Gasteiger partial charge in [-0.05, 0) is 49.8 Å². The molecule has 1 aromatic carbocycles. The number of rotatable bonds is 4. The van der Waals surface area contributed by atoms with Gasteiger partial charge in [0.05, 0.1) is 51.8 Å². The number of Topliss-reactive ketones (excluding diaryl/α,β-unsaturated/α-hetero) is 1. The number of esters is 1. The van der Waals surface area contributed by atoms with Crippen molar-refractivity contribution in [1.29, 1.82) is 0 Å². The van der Waals surface area contributed by atoms with Gasteiger partial charge in [-0.2, -0.15) is 0 Å². The van der Waals surface area contributed by atoms with E-state index in [-0.39, 0.29) is 30.3 Å². The lowest BCUT2D eigenvalue weighted by Crippen LogP contribution is -2.45. The lowest BCUT2D eigenvalue weighted by molar-refractivity contribution is -0.154. The molecule has 230 valence electrons. The second-order valence-corrected chi connectivity index (χ2v) is 13.8. The Bertz CT molecular complexity index is 1270. The van der Waals surface area contributed by atoms with Crippen LogP contribution in [0.4, 0.5) is 0 Å². The third kappa shape index (κ3) is 7.55. The quantitative estimate of drug-likeness (QED) is 0.324. The van der Waals surface area contributed by atoms with Crippen LogP contribution >= 0.6 is 11.3 Å². The number of ether oxygens (including phenoxy) is 2. The van der Waals surface area contributed by atoms with Gasteiger partial charge >= 0.3 is 5.97 Å². The Kier molecular flexibility index (Phi) is 10.4. The molecule has 2 aliphatic heterocycles. The summed E-state index contributed by atoms with van der Waals surface area (Å²) in [5.74, 6) is -1.67. The van der Waals surface area contributed by atoms with Crippen molar-refractivity contribution in [2.45, 2.75) is 110 Å². The third-order valence-corrected chi connectivity index (χ3v) is 9.96. The van der Waals surface area contributed by atoms with Crippen LogP contribution in [0.25, 0.3) is 6.08 Å². The Morgan fingerprint density at radius 2 is 1.81 bits per heavy atom. The smallest absolute Gasteiger partial charge is 0.309 e. The lowest BCUT2D eigenvalue weighted by Gasteiger charge is -2.34. The van der Waals surface area contributed by atoms with E-state index < -0.39 is 41.7 Å². The van der Waals surface area contributed by atoms with Crippen LogP contribution in [0.15, 0.2) is 35.9 Å². The number of fused-ring (bicyclic) bond motifs is 1. The number of thiazole rings is 1. The summed E-state index contributed by atoms with van der Waals surface area (Å²) in [6.45, 7) is 10.6. The molecule has 42 heavy (non-hydrogen) atoms. The number of aliphatic hydroxyl groups is 3. The van der Waals surface area contributed by atoms with E-state index in [1.165, 1.54) is 11.3 Å². The number of hydrogen-bond donors (Lipinski definition) is 3. The number of benzene rings is 1. The maximum Gasteiger partial charge on any atom is 0.309 e. The van der Waals surface area contributed by atoms with Crippen molar-refractivity contribution in [3.05, 3.63) is 57.0 Å². The molecule has 1 aromatic heterocycles. The average molecular weight is 600 g/mol. The van der Waals surface area contributed by atoms with E-state index in [1.807, 2.05) is 57.2 Å². The van der Waals surface area contributed by atoms with Gasteiger partial charge in [0, 0.05) is 12.3 Å². The Hall–Kier alpha value is -2.43. The standard InChI is InChI=1S/C33H45NO7S/c1-18-11-10-14-24-26(40-24)16-25(41-28(36)17-27(35)33(5,6)32(39)20(3)29(18)37)19(2)15-23-31(42-21(4)34-23)30(38)22-12-8-7-9-13-22/h7-9,12-13,15,18,20,24-27,29-30,35,37-38H,10-11,14,16-17H2,1-6H3/b19-15+/t18-,20+,24+,25-,26-,27-,29?,30?/m0/s1. The van der Waals surface area contributed by atoms with Crippen LogP contribution in [0.3, 0.4) is 0 Å². The number of epoxide rings is 1. The Morgan fingerprint density at radius 3 is 2.50 bits per heavy atom. The van der Waals surface area contributed by atoms with E-state index in [4.69, 9.17) is 9.47 Å². The van der Waals surface area contributed by atoms with E-state index in [0.29, 0.717) is 17.0 Å². The Labute approximate surface area is 252 Å². The van der Waals surface area contributed by atoms with E-state index in [9.17, 15) is 24.9 Å². The van der Waals surface area contributed by atoms with Gasteiger partial charge in [0.25, 0.3) is 0 Å². The van der Waals surface area contributed by atoms with Crippen LogP contribution in [-0.2, 0) is 19.1 Å². The lowest BCUT2D eigenvalue weighted by atomic mass is 9.73. The third-order valence-electron chi connectivity index (χ3n) is 8.92. The highest BCUT2D eigenvalue weighted by atomic mass is 32.1. The number of aryl methyl sites for hydroxylation is 1. The van der Waals surface area contributed by atoms with Crippen molar-refractivity contribution in [2.24, 2.45) is 17.3 Å². The molecule has 0 aliphatic carbocycles. The molecule has 9 heteroatoms. The number of cyclic esters (lactones) is 1. The first-order valence-corrected chi connectivity index (χ1v) is 15.7. The number of aromatic nitrogens is 1. The van der Waals surface area contributed by atoms with Crippen LogP contribution in [0.5, 0.6) is 0 Å². The summed E-state index contributed by atoms with van der Waals surface area (Å²) in [5.41, 5.74) is 0.889. The fourth-order valence-corrected chi connectivity index (χ4v) is 6.78. The van der Waals surface area contributed by atoms with Crippen LogP contribution in [0, 0.1) is 24.2 Å². The Morgan fingerprint density at radius 1 is 1.12 bits per heavy atom. The first-order valence-electron chi connectivity index (χ1n) is 14.9. The number of carbonyl (C=O) groups is 2. The van der Waals surface area contributed by atoms with Crippen LogP contribution in [0.1, 0.15) is 94.0 Å². The zero-order valence-electron chi connectivity index (χ0n) is 25.4. The first kappa shape index (κ1) is 32.5. The fourth-order valence-electron chi connectivity index (χ4n) is 5.86. The number of nitrogens with zero attached hydrogens (tertiary/aromatic N) is 1. The average Bonchev–Trinajstić information content (AvgIpc) is 3.59. The van der Waals surface area contributed by atoms with Gasteiger partial charge in [-0.1, -0.05) is 64.4 Å². The van der Waals surface area contributed by atoms with Gasteiger partial charge in [0.15, 0.2) is 0 Å². The van der Waals surface area contributed by atoms with Gasteiger partial charge < -0.3 is 24.8 Å². The molecule has 2 aliphatic rings. The summed E-state index contributed by atoms with van der Waals surface area (Å²) < 4.78 is 11.9. The second kappa shape index (κ2) is 13.5. The molecule has 2 unspecified atom stereocenters. The molecule has 3 heterocycles. The second-order valence-electron chi connectivity index (χ2n) is 12.6. The minimum absolute atomic E-state index is 0.0387. The Balaban J connectivity index is 1.59. The molecule has 0 amide bonds. The molecule has 0 saturated carbocycles. The van der Waals surface area contributed by atoms with Crippen LogP contribution in [-0.4, -0.2) is 62.6 Å². The maximum atomic E-state index is 13.3. The predicted octanol–water partition coefficient (Wildman–Crippen LogP) is 5.17. The summed E-state index contributed by atoms with van der Waals surface area (Å²) in [7, 11) is 0. The van der Waals surface area contributed by atoms with Crippen molar-refractivity contribution >= 4 is 29.2 Å². The molecular formula is C33H45NO7S. The van der Waals surface area contributed by atoms with Gasteiger partial charge in [-0.3, -0.25) is 9.59 Å². The van der Waals surface area contributed by atoms with Gasteiger partial charge in [0.1, 0.15) is 18.0 Å². The highest BCUT2D eigenvalue weighted by Crippen LogP contribution is 2.37. The van der Waals surface area contributed by atoms with Crippen LogP contribution < -0.4 is 0 Å². The minimum Gasteiger partial charge on any atom is -0.458 e. The number of ketones is 1. The van der Waals surface area contributed by atoms with E-state index in [0.717, 1.165) is 35.4 Å². The van der Waals surface area contributed by atoms with Gasteiger partial charge in [-0.25, -0.2) is 4.98 Å². The van der Waals surface area contributed by atoms with E-state index in [2.05, 4.69) is 4.98 Å². The normalized spacial score (nSPS) is 32.1. The number of aliphatic hydroxyl groups excluding tert-OH is 3. The highest BCUT2D eigenvalue weighted by molar-refractivity contribution is 7.11. The molecule has 2 saturated heterocycles. The number of carbonyl (C=O) groups excluding carboxylic acids is 2. The molecule has 3 N–H and O–H groups in total. The van der Waals surface area contributed by atoms with Crippen molar-refractivity contribution < 1.29 is 34.4 Å². The SMILES string of the molecule is C/C(=C\c1nc(C)sc1C(O)c1ccccc1)[C@@H]1C[C@@H]2O[C@@H]2CCC[C@H](C)C(O)[C@@H](C)C(=O)C(C)(C)[C@@H](O)CC(=O)O1. The molecule has 4 rings (SSSR count). The molecular weight excluding hydrogens is 554 g/mol. The van der Waals surface area contributed by atoms with Crippen LogP contribution in [0.2, 0.25) is 0 Å². The maximum absolute atomic E-state index is 13.3. The minimum atomic E-state index is -1.28. The zero-order chi connectivity index (χ0) is 30.8. The van der Waals surface area contributed by atoms with Crippen molar-refractivity contribution in [1.82, 2.24) is 4.98 Å².